The molecule has 120 valence electrons. The van der Waals surface area contributed by atoms with Crippen molar-refractivity contribution in [3.63, 3.8) is 0 Å². The van der Waals surface area contributed by atoms with Crippen LogP contribution in [0, 0.1) is 6.92 Å². The van der Waals surface area contributed by atoms with Gasteiger partial charge in [-0.2, -0.15) is 16.9 Å². The fourth-order valence-corrected chi connectivity index (χ4v) is 4.46. The van der Waals surface area contributed by atoms with Gasteiger partial charge in [-0.15, -0.1) is 0 Å². The van der Waals surface area contributed by atoms with Gasteiger partial charge in [-0.25, -0.2) is 0 Å². The van der Waals surface area contributed by atoms with Crippen LogP contribution in [-0.2, 0) is 13.5 Å². The first-order valence-corrected chi connectivity index (χ1v) is 9.27. The molecule has 0 amide bonds. The fraction of sp³-hybridized carbons (Fsp3) is 0.800. The van der Waals surface area contributed by atoms with Crippen LogP contribution in [0.25, 0.3) is 0 Å². The molecule has 0 aliphatic carbocycles. The van der Waals surface area contributed by atoms with Crippen molar-refractivity contribution in [3.05, 3.63) is 16.4 Å². The third-order valence-corrected chi connectivity index (χ3v) is 5.78. The molecular formula is C15H27ClN4S. The number of aromatic nitrogens is 2. The van der Waals surface area contributed by atoms with E-state index in [0.717, 1.165) is 42.3 Å². The lowest BCUT2D eigenvalue weighted by Crippen LogP contribution is -2.54. The molecule has 1 aliphatic rings. The van der Waals surface area contributed by atoms with E-state index in [1.54, 1.807) is 0 Å². The maximum atomic E-state index is 6.44. The Morgan fingerprint density at radius 1 is 1.48 bits per heavy atom. The summed E-state index contributed by atoms with van der Waals surface area (Å²) in [5.41, 5.74) is 2.07. The maximum absolute atomic E-state index is 6.44. The lowest BCUT2D eigenvalue weighted by molar-refractivity contribution is 0.212. The Labute approximate surface area is 137 Å². The molecule has 0 bridgehead atoms. The second kappa shape index (κ2) is 7.86. The van der Waals surface area contributed by atoms with Crippen LogP contribution in [0.4, 0.5) is 0 Å². The van der Waals surface area contributed by atoms with Crippen molar-refractivity contribution in [1.82, 2.24) is 20.0 Å². The van der Waals surface area contributed by atoms with Gasteiger partial charge in [0.1, 0.15) is 0 Å². The SMILES string of the molecule is CCCNC(Cc1c(Cl)c(C)nn1C)C1CSCCN1C. The second-order valence-corrected chi connectivity index (χ2v) is 7.39. The zero-order valence-electron chi connectivity index (χ0n) is 13.5. The van der Waals surface area contributed by atoms with Crippen LogP contribution in [-0.4, -0.2) is 58.4 Å². The van der Waals surface area contributed by atoms with Crippen LogP contribution in [0.5, 0.6) is 0 Å². The number of aryl methyl sites for hydroxylation is 2. The Kier molecular flexibility index (Phi) is 6.41. The van der Waals surface area contributed by atoms with Crippen LogP contribution < -0.4 is 5.32 Å². The van der Waals surface area contributed by atoms with E-state index in [2.05, 4.69) is 41.0 Å². The summed E-state index contributed by atoms with van der Waals surface area (Å²) in [7, 11) is 4.23. The normalized spacial score (nSPS) is 21.7. The predicted molar refractivity (Wildman–Crippen MR) is 92.5 cm³/mol. The number of thioether (sulfide) groups is 1. The molecule has 0 spiro atoms. The standard InChI is InChI=1S/C15H27ClN4S/c1-5-6-17-12(14-10-21-8-7-19(14)3)9-13-15(16)11(2)18-20(13)4/h12,14,17H,5-10H2,1-4H3. The highest BCUT2D eigenvalue weighted by Crippen LogP contribution is 2.24. The van der Waals surface area contributed by atoms with Gasteiger partial charge in [0.15, 0.2) is 0 Å². The molecule has 21 heavy (non-hydrogen) atoms. The van der Waals surface area contributed by atoms with E-state index < -0.39 is 0 Å². The van der Waals surface area contributed by atoms with E-state index in [-0.39, 0.29) is 0 Å². The van der Waals surface area contributed by atoms with Gasteiger partial charge in [0.05, 0.1) is 16.4 Å². The van der Waals surface area contributed by atoms with Crippen LogP contribution in [0.1, 0.15) is 24.7 Å². The smallest absolute Gasteiger partial charge is 0.0847 e. The number of hydrogen-bond donors (Lipinski definition) is 1. The van der Waals surface area contributed by atoms with Gasteiger partial charge in [-0.1, -0.05) is 18.5 Å². The molecule has 1 saturated heterocycles. The fourth-order valence-electron chi connectivity index (χ4n) is 2.91. The molecule has 2 rings (SSSR count). The molecule has 2 atom stereocenters. The molecule has 2 heterocycles. The molecule has 1 N–H and O–H groups in total. The van der Waals surface area contributed by atoms with E-state index in [1.807, 2.05) is 18.7 Å². The van der Waals surface area contributed by atoms with Crippen LogP contribution in [0.15, 0.2) is 0 Å². The Morgan fingerprint density at radius 2 is 2.24 bits per heavy atom. The van der Waals surface area contributed by atoms with Crippen molar-refractivity contribution in [2.45, 2.75) is 38.8 Å². The van der Waals surface area contributed by atoms with Gasteiger partial charge in [0, 0.05) is 43.6 Å². The Hall–Kier alpha value is -0.230. The summed E-state index contributed by atoms with van der Waals surface area (Å²) in [5.74, 6) is 2.42. The molecule has 4 nitrogen and oxygen atoms in total. The van der Waals surface area contributed by atoms with Crippen molar-refractivity contribution in [3.8, 4) is 0 Å². The highest BCUT2D eigenvalue weighted by atomic mass is 35.5. The molecule has 1 fully saturated rings. The van der Waals surface area contributed by atoms with E-state index in [4.69, 9.17) is 11.6 Å². The predicted octanol–water partition coefficient (Wildman–Crippen LogP) is 2.34. The Bertz CT molecular complexity index is 463. The maximum Gasteiger partial charge on any atom is 0.0847 e. The van der Waals surface area contributed by atoms with E-state index in [0.29, 0.717) is 12.1 Å². The highest BCUT2D eigenvalue weighted by molar-refractivity contribution is 7.99. The number of nitrogens with zero attached hydrogens (tertiary/aromatic N) is 3. The minimum absolute atomic E-state index is 0.426. The van der Waals surface area contributed by atoms with Crippen LogP contribution in [0.3, 0.4) is 0 Å². The summed E-state index contributed by atoms with van der Waals surface area (Å²) in [6, 6.07) is 0.983. The Balaban J connectivity index is 2.15. The van der Waals surface area contributed by atoms with E-state index in [1.165, 1.54) is 11.5 Å². The number of likely N-dealkylation sites (N-methyl/N-ethyl adjacent to an activating group) is 1. The molecule has 0 radical (unpaired) electrons. The molecule has 1 aliphatic heterocycles. The lowest BCUT2D eigenvalue weighted by Gasteiger charge is -2.38. The first-order valence-electron chi connectivity index (χ1n) is 7.74. The van der Waals surface area contributed by atoms with Gasteiger partial charge in [-0.3, -0.25) is 4.68 Å². The number of nitrogens with one attached hydrogen (secondary N) is 1. The molecule has 0 aromatic carbocycles. The minimum Gasteiger partial charge on any atom is -0.312 e. The van der Waals surface area contributed by atoms with Crippen molar-refractivity contribution in [2.75, 3.05) is 31.6 Å². The number of halogens is 1. The van der Waals surface area contributed by atoms with Crippen molar-refractivity contribution in [2.24, 2.45) is 7.05 Å². The summed E-state index contributed by atoms with van der Waals surface area (Å²) in [5, 5.41) is 9.00. The average molecular weight is 331 g/mol. The van der Waals surface area contributed by atoms with Gasteiger partial charge >= 0.3 is 0 Å². The van der Waals surface area contributed by atoms with Gasteiger partial charge in [0.25, 0.3) is 0 Å². The largest absolute Gasteiger partial charge is 0.312 e. The van der Waals surface area contributed by atoms with Crippen LogP contribution in [0.2, 0.25) is 5.02 Å². The molecular weight excluding hydrogens is 304 g/mol. The number of rotatable bonds is 6. The summed E-state index contributed by atoms with van der Waals surface area (Å²) < 4.78 is 1.94. The Morgan fingerprint density at radius 3 is 2.81 bits per heavy atom. The third kappa shape index (κ3) is 4.15. The van der Waals surface area contributed by atoms with E-state index in [9.17, 15) is 0 Å². The van der Waals surface area contributed by atoms with Crippen molar-refractivity contribution < 1.29 is 0 Å². The average Bonchev–Trinajstić information content (AvgIpc) is 2.70. The molecule has 0 saturated carbocycles. The summed E-state index contributed by atoms with van der Waals surface area (Å²) in [6.45, 7) is 6.40. The summed E-state index contributed by atoms with van der Waals surface area (Å²) in [6.07, 6.45) is 2.09. The zero-order chi connectivity index (χ0) is 15.4. The van der Waals surface area contributed by atoms with Gasteiger partial charge in [-0.05, 0) is 26.9 Å². The lowest BCUT2D eigenvalue weighted by atomic mass is 10.0. The number of hydrogen-bond acceptors (Lipinski definition) is 4. The monoisotopic (exact) mass is 330 g/mol. The molecule has 1 aromatic heterocycles. The third-order valence-electron chi connectivity index (χ3n) is 4.24. The van der Waals surface area contributed by atoms with Gasteiger partial charge < -0.3 is 10.2 Å². The quantitative estimate of drug-likeness (QED) is 0.868. The molecule has 1 aromatic rings. The minimum atomic E-state index is 0.426. The van der Waals surface area contributed by atoms with Crippen molar-refractivity contribution in [1.29, 1.82) is 0 Å². The topological polar surface area (TPSA) is 33.1 Å². The first kappa shape index (κ1) is 17.1. The van der Waals surface area contributed by atoms with Gasteiger partial charge in [0.2, 0.25) is 0 Å². The van der Waals surface area contributed by atoms with Crippen molar-refractivity contribution >= 4 is 23.4 Å². The molecule has 6 heteroatoms. The highest BCUT2D eigenvalue weighted by Gasteiger charge is 2.29. The second-order valence-electron chi connectivity index (χ2n) is 5.86. The van der Waals surface area contributed by atoms with E-state index >= 15 is 0 Å². The molecule has 2 unspecified atom stereocenters. The first-order chi connectivity index (χ1) is 10.0. The summed E-state index contributed by atoms with van der Waals surface area (Å²) in [4.78, 5) is 2.49. The summed E-state index contributed by atoms with van der Waals surface area (Å²) >= 11 is 8.49. The van der Waals surface area contributed by atoms with Crippen LogP contribution >= 0.6 is 23.4 Å². The zero-order valence-corrected chi connectivity index (χ0v) is 15.1.